The van der Waals surface area contributed by atoms with Crippen LogP contribution < -0.4 is 0 Å². The molecule has 3 aromatic heterocycles. The smallest absolute Gasteiger partial charge is 0.235 e. The Labute approximate surface area is 142 Å². The van der Waals surface area contributed by atoms with Crippen molar-refractivity contribution in [3.8, 4) is 11.6 Å². The molecule has 1 aliphatic heterocycles. The van der Waals surface area contributed by atoms with Crippen LogP contribution in [0.2, 0.25) is 0 Å². The van der Waals surface area contributed by atoms with Crippen molar-refractivity contribution in [3.63, 3.8) is 0 Å². The van der Waals surface area contributed by atoms with Gasteiger partial charge < -0.3 is 9.32 Å². The van der Waals surface area contributed by atoms with Gasteiger partial charge in [-0.1, -0.05) is 29.5 Å². The van der Waals surface area contributed by atoms with E-state index in [2.05, 4.69) is 15.1 Å². The second-order valence-electron chi connectivity index (χ2n) is 6.16. The van der Waals surface area contributed by atoms with Crippen molar-refractivity contribution in [2.24, 2.45) is 0 Å². The summed E-state index contributed by atoms with van der Waals surface area (Å²) in [5.74, 6) is 1.38. The minimum absolute atomic E-state index is 0.671. The molecule has 0 N–H and O–H groups in total. The topological polar surface area (TPSA) is 59.5 Å². The van der Waals surface area contributed by atoms with Gasteiger partial charge in [-0.05, 0) is 38.1 Å². The summed E-state index contributed by atoms with van der Waals surface area (Å²) in [4.78, 5) is 3.32. The van der Waals surface area contributed by atoms with Crippen molar-refractivity contribution < 1.29 is 4.42 Å². The highest BCUT2D eigenvalue weighted by atomic mass is 32.1. The molecule has 1 aromatic carbocycles. The van der Waals surface area contributed by atoms with E-state index in [1.165, 1.54) is 25.9 Å². The SMILES string of the molecule is c1ccc2oc(-c3nnc4sc(CCN5CCCC5)nn34)cc2c1. The molecule has 0 amide bonds. The number of nitrogens with zero attached hydrogens (tertiary/aromatic N) is 5. The van der Waals surface area contributed by atoms with Gasteiger partial charge in [-0.25, -0.2) is 0 Å². The van der Waals surface area contributed by atoms with Crippen molar-refractivity contribution in [1.29, 1.82) is 0 Å². The van der Waals surface area contributed by atoms with Gasteiger partial charge in [-0.2, -0.15) is 9.61 Å². The molecule has 0 saturated carbocycles. The van der Waals surface area contributed by atoms with Gasteiger partial charge in [0.25, 0.3) is 0 Å². The summed E-state index contributed by atoms with van der Waals surface area (Å²) in [5.41, 5.74) is 0.855. The molecule has 1 saturated heterocycles. The summed E-state index contributed by atoms with van der Waals surface area (Å²) >= 11 is 1.61. The molecule has 7 heteroatoms. The molecule has 0 spiro atoms. The lowest BCUT2D eigenvalue weighted by molar-refractivity contribution is 0.343. The van der Waals surface area contributed by atoms with Crippen molar-refractivity contribution >= 4 is 27.3 Å². The third-order valence-electron chi connectivity index (χ3n) is 4.52. The lowest BCUT2D eigenvalue weighted by Gasteiger charge is -2.12. The maximum Gasteiger partial charge on any atom is 0.235 e. The number of hydrogen-bond acceptors (Lipinski definition) is 6. The van der Waals surface area contributed by atoms with E-state index < -0.39 is 0 Å². The third-order valence-corrected chi connectivity index (χ3v) is 5.48. The predicted octanol–water partition coefficient (Wildman–Crippen LogP) is 3.24. The van der Waals surface area contributed by atoms with Crippen LogP contribution in [-0.2, 0) is 6.42 Å². The molecule has 0 bridgehead atoms. The van der Waals surface area contributed by atoms with Crippen molar-refractivity contribution in [1.82, 2.24) is 24.7 Å². The lowest BCUT2D eigenvalue weighted by Crippen LogP contribution is -2.21. The molecule has 5 rings (SSSR count). The average molecular weight is 339 g/mol. The number of benzene rings is 1. The number of aromatic nitrogens is 4. The van der Waals surface area contributed by atoms with Crippen molar-refractivity contribution in [3.05, 3.63) is 35.3 Å². The molecule has 24 heavy (non-hydrogen) atoms. The summed E-state index contributed by atoms with van der Waals surface area (Å²) in [5, 5.41) is 15.4. The first-order valence-electron chi connectivity index (χ1n) is 8.29. The lowest BCUT2D eigenvalue weighted by atomic mass is 10.2. The molecule has 0 radical (unpaired) electrons. The number of likely N-dealkylation sites (tertiary alicyclic amines) is 1. The Morgan fingerprint density at radius 2 is 2.00 bits per heavy atom. The van der Waals surface area contributed by atoms with Crippen LogP contribution in [0.5, 0.6) is 0 Å². The van der Waals surface area contributed by atoms with Gasteiger partial charge in [-0.3, -0.25) is 0 Å². The van der Waals surface area contributed by atoms with Crippen LogP contribution in [0.4, 0.5) is 0 Å². The maximum absolute atomic E-state index is 5.90. The number of rotatable bonds is 4. The molecule has 0 aliphatic carbocycles. The average Bonchev–Trinajstić information content (AvgIpc) is 3.34. The van der Waals surface area contributed by atoms with Crippen LogP contribution >= 0.6 is 11.3 Å². The molecule has 4 heterocycles. The normalized spacial score (nSPS) is 15.8. The van der Waals surface area contributed by atoms with E-state index >= 15 is 0 Å². The molecule has 4 aromatic rings. The largest absolute Gasteiger partial charge is 0.453 e. The van der Waals surface area contributed by atoms with Crippen LogP contribution in [0.3, 0.4) is 0 Å². The Morgan fingerprint density at radius 3 is 2.88 bits per heavy atom. The molecular weight excluding hydrogens is 322 g/mol. The van der Waals surface area contributed by atoms with E-state index in [9.17, 15) is 0 Å². The van der Waals surface area contributed by atoms with Gasteiger partial charge in [0.15, 0.2) is 5.76 Å². The first-order valence-corrected chi connectivity index (χ1v) is 9.11. The standard InChI is InChI=1S/C17H17N5OS/c1-2-6-13-12(5-1)11-14(23-13)16-18-19-17-22(16)20-15(24-17)7-10-21-8-3-4-9-21/h1-2,5-6,11H,3-4,7-10H2. The summed E-state index contributed by atoms with van der Waals surface area (Å²) in [6.07, 6.45) is 3.61. The second kappa shape index (κ2) is 5.68. The van der Waals surface area contributed by atoms with Crippen LogP contribution in [0.15, 0.2) is 34.7 Å². The Bertz CT molecular complexity index is 962. The van der Waals surface area contributed by atoms with Gasteiger partial charge >= 0.3 is 0 Å². The molecule has 1 aliphatic rings. The number of para-hydroxylation sites is 1. The minimum atomic E-state index is 0.671. The molecule has 0 atom stereocenters. The number of hydrogen-bond donors (Lipinski definition) is 0. The third kappa shape index (κ3) is 2.40. The highest BCUT2D eigenvalue weighted by molar-refractivity contribution is 7.16. The zero-order valence-electron chi connectivity index (χ0n) is 13.2. The van der Waals surface area contributed by atoms with E-state index in [4.69, 9.17) is 9.52 Å². The van der Waals surface area contributed by atoms with Crippen LogP contribution in [-0.4, -0.2) is 44.3 Å². The molecule has 6 nitrogen and oxygen atoms in total. The van der Waals surface area contributed by atoms with E-state index in [0.717, 1.165) is 33.9 Å². The zero-order valence-corrected chi connectivity index (χ0v) is 14.0. The highest BCUT2D eigenvalue weighted by Gasteiger charge is 2.18. The molecule has 1 fully saturated rings. The van der Waals surface area contributed by atoms with E-state index in [1.807, 2.05) is 34.8 Å². The summed E-state index contributed by atoms with van der Waals surface area (Å²) in [6.45, 7) is 3.51. The van der Waals surface area contributed by atoms with Crippen molar-refractivity contribution in [2.45, 2.75) is 19.3 Å². The van der Waals surface area contributed by atoms with Gasteiger partial charge in [0.05, 0.1) is 0 Å². The van der Waals surface area contributed by atoms with Gasteiger partial charge in [0.1, 0.15) is 10.6 Å². The fraction of sp³-hybridized carbons (Fsp3) is 0.353. The Kier molecular flexibility index (Phi) is 3.34. The Morgan fingerprint density at radius 1 is 1.12 bits per heavy atom. The quantitative estimate of drug-likeness (QED) is 0.571. The van der Waals surface area contributed by atoms with Gasteiger partial charge in [-0.15, -0.1) is 10.2 Å². The number of fused-ring (bicyclic) bond motifs is 2. The van der Waals surface area contributed by atoms with Crippen molar-refractivity contribution in [2.75, 3.05) is 19.6 Å². The zero-order chi connectivity index (χ0) is 15.9. The first-order chi connectivity index (χ1) is 11.9. The summed E-state index contributed by atoms with van der Waals surface area (Å²) < 4.78 is 7.71. The predicted molar refractivity (Wildman–Crippen MR) is 93.2 cm³/mol. The molecule has 0 unspecified atom stereocenters. The minimum Gasteiger partial charge on any atom is -0.453 e. The van der Waals surface area contributed by atoms with Crippen LogP contribution in [0.1, 0.15) is 17.8 Å². The fourth-order valence-corrected chi connectivity index (χ4v) is 4.09. The Hall–Kier alpha value is -2.25. The van der Waals surface area contributed by atoms with Gasteiger partial charge in [0, 0.05) is 18.4 Å². The van der Waals surface area contributed by atoms with Crippen LogP contribution in [0, 0.1) is 0 Å². The van der Waals surface area contributed by atoms with E-state index in [-0.39, 0.29) is 0 Å². The number of furan rings is 1. The monoisotopic (exact) mass is 339 g/mol. The molecular formula is C17H17N5OS. The van der Waals surface area contributed by atoms with Crippen LogP contribution in [0.25, 0.3) is 27.5 Å². The summed E-state index contributed by atoms with van der Waals surface area (Å²) in [7, 11) is 0. The first kappa shape index (κ1) is 14.1. The second-order valence-corrected chi connectivity index (χ2v) is 7.20. The maximum atomic E-state index is 5.90. The molecule has 122 valence electrons. The Balaban J connectivity index is 1.45. The van der Waals surface area contributed by atoms with E-state index in [0.29, 0.717) is 11.6 Å². The van der Waals surface area contributed by atoms with Gasteiger partial charge in [0.2, 0.25) is 10.8 Å². The van der Waals surface area contributed by atoms with E-state index in [1.54, 1.807) is 11.3 Å². The fourth-order valence-electron chi connectivity index (χ4n) is 3.26. The summed E-state index contributed by atoms with van der Waals surface area (Å²) in [6, 6.07) is 9.95. The highest BCUT2D eigenvalue weighted by Crippen LogP contribution is 2.28.